The zero-order valence-corrected chi connectivity index (χ0v) is 18.6. The Kier molecular flexibility index (Phi) is 6.77. The number of aliphatic imine (C=N–C) groups is 1. The molecule has 6 nitrogen and oxygen atoms in total. The van der Waals surface area contributed by atoms with E-state index in [0.717, 1.165) is 68.9 Å². The number of nitrogens with one attached hydrogen (secondary N) is 1. The van der Waals surface area contributed by atoms with Crippen LogP contribution in [0.4, 0.5) is 10.8 Å². The fraction of sp³-hybridized carbons (Fsp3) is 0.524. The SMILES string of the molecule is CN=C(NCCc1csc(N2CCCC2)n1)N1CCN(c2ccccc2Cl)CC1. The van der Waals surface area contributed by atoms with Crippen LogP contribution in [0.15, 0.2) is 34.6 Å². The quantitative estimate of drug-likeness (QED) is 0.580. The maximum Gasteiger partial charge on any atom is 0.193 e. The Morgan fingerprint density at radius 1 is 1.10 bits per heavy atom. The highest BCUT2D eigenvalue weighted by molar-refractivity contribution is 7.13. The van der Waals surface area contributed by atoms with Crippen molar-refractivity contribution in [2.24, 2.45) is 4.99 Å². The molecule has 1 aromatic heterocycles. The normalized spacial score (nSPS) is 17.9. The van der Waals surface area contributed by atoms with Gasteiger partial charge in [-0.1, -0.05) is 23.7 Å². The summed E-state index contributed by atoms with van der Waals surface area (Å²) in [4.78, 5) is 16.4. The number of hydrogen-bond acceptors (Lipinski definition) is 5. The Hall–Kier alpha value is -1.99. The molecule has 8 heteroatoms. The summed E-state index contributed by atoms with van der Waals surface area (Å²) < 4.78 is 0. The van der Waals surface area contributed by atoms with E-state index in [0.29, 0.717) is 0 Å². The second-order valence-corrected chi connectivity index (χ2v) is 8.71. The van der Waals surface area contributed by atoms with E-state index < -0.39 is 0 Å². The maximum absolute atomic E-state index is 6.35. The van der Waals surface area contributed by atoms with Gasteiger partial charge in [-0.05, 0) is 25.0 Å². The van der Waals surface area contributed by atoms with Gasteiger partial charge in [-0.3, -0.25) is 4.99 Å². The molecule has 0 unspecified atom stereocenters. The molecule has 0 aliphatic carbocycles. The van der Waals surface area contributed by atoms with E-state index in [1.807, 2.05) is 25.2 Å². The zero-order valence-electron chi connectivity index (χ0n) is 17.0. The topological polar surface area (TPSA) is 47.0 Å². The second-order valence-electron chi connectivity index (χ2n) is 7.47. The number of anilines is 2. The maximum atomic E-state index is 6.35. The van der Waals surface area contributed by atoms with Crippen LogP contribution in [-0.4, -0.2) is 68.7 Å². The van der Waals surface area contributed by atoms with Crippen LogP contribution in [0.3, 0.4) is 0 Å². The van der Waals surface area contributed by atoms with Crippen LogP contribution in [0.1, 0.15) is 18.5 Å². The first-order valence-corrected chi connectivity index (χ1v) is 11.6. The molecule has 2 aromatic rings. The number of thiazole rings is 1. The molecule has 0 bridgehead atoms. The molecule has 1 aromatic carbocycles. The lowest BCUT2D eigenvalue weighted by atomic mass is 10.2. The van der Waals surface area contributed by atoms with Crippen molar-refractivity contribution in [2.75, 3.05) is 62.7 Å². The van der Waals surface area contributed by atoms with Crippen molar-refractivity contribution in [2.45, 2.75) is 19.3 Å². The number of nitrogens with zero attached hydrogens (tertiary/aromatic N) is 5. The fourth-order valence-electron chi connectivity index (χ4n) is 3.97. The number of guanidine groups is 1. The minimum atomic E-state index is 0.819. The number of hydrogen-bond donors (Lipinski definition) is 1. The highest BCUT2D eigenvalue weighted by Gasteiger charge is 2.21. The summed E-state index contributed by atoms with van der Waals surface area (Å²) in [6.07, 6.45) is 3.50. The summed E-state index contributed by atoms with van der Waals surface area (Å²) in [5.74, 6) is 0.971. The van der Waals surface area contributed by atoms with Gasteiger partial charge >= 0.3 is 0 Å². The summed E-state index contributed by atoms with van der Waals surface area (Å²) in [5, 5.41) is 7.71. The van der Waals surface area contributed by atoms with Crippen molar-refractivity contribution in [3.63, 3.8) is 0 Å². The molecule has 29 heavy (non-hydrogen) atoms. The monoisotopic (exact) mass is 432 g/mol. The molecule has 4 rings (SSSR count). The van der Waals surface area contributed by atoms with Gasteiger partial charge in [-0.15, -0.1) is 11.3 Å². The Labute approximate surface area is 182 Å². The summed E-state index contributed by atoms with van der Waals surface area (Å²) >= 11 is 8.12. The third-order valence-corrected chi connectivity index (χ3v) is 6.83. The summed E-state index contributed by atoms with van der Waals surface area (Å²) in [7, 11) is 1.86. The summed E-state index contributed by atoms with van der Waals surface area (Å²) in [6, 6.07) is 8.07. The molecule has 0 amide bonds. The molecular formula is C21H29ClN6S. The number of aromatic nitrogens is 1. The molecule has 2 fully saturated rings. The van der Waals surface area contributed by atoms with Crippen LogP contribution < -0.4 is 15.1 Å². The largest absolute Gasteiger partial charge is 0.367 e. The van der Waals surface area contributed by atoms with E-state index in [4.69, 9.17) is 16.6 Å². The number of benzene rings is 1. The fourth-order valence-corrected chi connectivity index (χ4v) is 5.14. The number of rotatable bonds is 5. The van der Waals surface area contributed by atoms with E-state index in [2.05, 4.69) is 36.5 Å². The molecule has 156 valence electrons. The second kappa shape index (κ2) is 9.67. The van der Waals surface area contributed by atoms with E-state index in [-0.39, 0.29) is 0 Å². The van der Waals surface area contributed by atoms with Crippen molar-refractivity contribution >= 4 is 39.7 Å². The van der Waals surface area contributed by atoms with Gasteiger partial charge in [-0.25, -0.2) is 4.98 Å². The molecule has 0 saturated carbocycles. The molecule has 2 aliphatic rings. The van der Waals surface area contributed by atoms with E-state index in [1.54, 1.807) is 11.3 Å². The third-order valence-electron chi connectivity index (χ3n) is 5.56. The van der Waals surface area contributed by atoms with Gasteiger partial charge in [0, 0.05) is 64.7 Å². The Morgan fingerprint density at radius 2 is 1.86 bits per heavy atom. The molecule has 0 radical (unpaired) electrons. The highest BCUT2D eigenvalue weighted by atomic mass is 35.5. The Balaban J connectivity index is 1.24. The van der Waals surface area contributed by atoms with Crippen molar-refractivity contribution in [3.8, 4) is 0 Å². The molecule has 2 saturated heterocycles. The first-order valence-electron chi connectivity index (χ1n) is 10.4. The molecular weight excluding hydrogens is 404 g/mol. The van der Waals surface area contributed by atoms with Gasteiger partial charge in [0.15, 0.2) is 11.1 Å². The Bertz CT molecular complexity index is 824. The van der Waals surface area contributed by atoms with Gasteiger partial charge in [-0.2, -0.15) is 0 Å². The van der Waals surface area contributed by atoms with Crippen molar-refractivity contribution in [1.29, 1.82) is 0 Å². The minimum absolute atomic E-state index is 0.819. The van der Waals surface area contributed by atoms with E-state index in [1.165, 1.54) is 23.7 Å². The predicted molar refractivity (Wildman–Crippen MR) is 124 cm³/mol. The van der Waals surface area contributed by atoms with Crippen molar-refractivity contribution < 1.29 is 0 Å². The lowest BCUT2D eigenvalue weighted by Gasteiger charge is -2.38. The lowest BCUT2D eigenvalue weighted by Crippen LogP contribution is -2.52. The van der Waals surface area contributed by atoms with Gasteiger partial charge in [0.2, 0.25) is 0 Å². The van der Waals surface area contributed by atoms with Crippen LogP contribution >= 0.6 is 22.9 Å². The Morgan fingerprint density at radius 3 is 2.59 bits per heavy atom. The first-order chi connectivity index (χ1) is 14.2. The van der Waals surface area contributed by atoms with Crippen molar-refractivity contribution in [3.05, 3.63) is 40.4 Å². The highest BCUT2D eigenvalue weighted by Crippen LogP contribution is 2.26. The average molecular weight is 433 g/mol. The van der Waals surface area contributed by atoms with Gasteiger partial charge in [0.1, 0.15) is 0 Å². The molecule has 3 heterocycles. The lowest BCUT2D eigenvalue weighted by molar-refractivity contribution is 0.373. The molecule has 0 spiro atoms. The van der Waals surface area contributed by atoms with Crippen LogP contribution in [0.5, 0.6) is 0 Å². The smallest absolute Gasteiger partial charge is 0.193 e. The first kappa shape index (κ1) is 20.3. The van der Waals surface area contributed by atoms with Crippen LogP contribution in [0.25, 0.3) is 0 Å². The average Bonchev–Trinajstić information content (AvgIpc) is 3.44. The molecule has 1 N–H and O–H groups in total. The van der Waals surface area contributed by atoms with Crippen LogP contribution in [-0.2, 0) is 6.42 Å². The zero-order chi connectivity index (χ0) is 20.1. The molecule has 0 atom stereocenters. The van der Waals surface area contributed by atoms with Crippen LogP contribution in [0, 0.1) is 0 Å². The van der Waals surface area contributed by atoms with Gasteiger partial charge in [0.25, 0.3) is 0 Å². The van der Waals surface area contributed by atoms with E-state index >= 15 is 0 Å². The standard InChI is InChI=1S/C21H29ClN6S/c1-23-20(24-9-8-17-16-29-21(25-17)28-10-4-5-11-28)27-14-12-26(13-15-27)19-7-3-2-6-18(19)22/h2-3,6-7,16H,4-5,8-15H2,1H3,(H,23,24). The summed E-state index contributed by atoms with van der Waals surface area (Å²) in [5.41, 5.74) is 2.29. The number of para-hydroxylation sites is 1. The predicted octanol–water partition coefficient (Wildman–Crippen LogP) is 3.34. The van der Waals surface area contributed by atoms with Crippen molar-refractivity contribution in [1.82, 2.24) is 15.2 Å². The minimum Gasteiger partial charge on any atom is -0.367 e. The number of piperazine rings is 1. The van der Waals surface area contributed by atoms with Gasteiger partial charge in [0.05, 0.1) is 16.4 Å². The van der Waals surface area contributed by atoms with Gasteiger partial charge < -0.3 is 20.0 Å². The van der Waals surface area contributed by atoms with E-state index in [9.17, 15) is 0 Å². The third kappa shape index (κ3) is 4.95. The number of halogens is 1. The molecule has 2 aliphatic heterocycles. The van der Waals surface area contributed by atoms with Crippen LogP contribution in [0.2, 0.25) is 5.02 Å². The summed E-state index contributed by atoms with van der Waals surface area (Å²) in [6.45, 7) is 6.89.